The van der Waals surface area contributed by atoms with E-state index in [1.54, 1.807) is 6.08 Å². The largest absolute Gasteiger partial charge is 0.488 e. The fourth-order valence-corrected chi connectivity index (χ4v) is 0.530. The van der Waals surface area contributed by atoms with Gasteiger partial charge in [0, 0.05) is 0 Å². The maximum Gasteiger partial charge on any atom is 0.488 e. The molecule has 0 saturated carbocycles. The van der Waals surface area contributed by atoms with Gasteiger partial charge in [-0.15, -0.1) is 0 Å². The van der Waals surface area contributed by atoms with Crippen LogP contribution in [-0.2, 0) is 0 Å². The van der Waals surface area contributed by atoms with Gasteiger partial charge in [0.25, 0.3) is 0 Å². The van der Waals surface area contributed by atoms with E-state index < -0.39 is 7.12 Å². The zero-order valence-electron chi connectivity index (χ0n) is 5.54. The van der Waals surface area contributed by atoms with Crippen molar-refractivity contribution in [3.8, 4) is 0 Å². The van der Waals surface area contributed by atoms with Gasteiger partial charge in [-0.1, -0.05) is 25.7 Å². The quantitative estimate of drug-likeness (QED) is 0.427. The first-order valence-corrected chi connectivity index (χ1v) is 2.91. The van der Waals surface area contributed by atoms with Gasteiger partial charge in [-0.05, 0) is 11.9 Å². The highest BCUT2D eigenvalue weighted by Crippen LogP contribution is 1.97. The summed E-state index contributed by atoms with van der Waals surface area (Å²) in [6, 6.07) is 0. The predicted octanol–water partition coefficient (Wildman–Crippen LogP) is 0.521. The molecule has 0 radical (unpaired) electrons. The highest BCUT2D eigenvalue weighted by molar-refractivity contribution is 6.51. The molecule has 0 aliphatic rings. The van der Waals surface area contributed by atoms with Crippen molar-refractivity contribution >= 4 is 7.12 Å². The van der Waals surface area contributed by atoms with Gasteiger partial charge >= 0.3 is 7.12 Å². The van der Waals surface area contributed by atoms with Crippen LogP contribution in [0.3, 0.4) is 0 Å². The fraction of sp³-hybridized carbons (Fsp3) is 0.333. The van der Waals surface area contributed by atoms with Gasteiger partial charge in [0.15, 0.2) is 0 Å². The van der Waals surface area contributed by atoms with Crippen LogP contribution in [0.5, 0.6) is 0 Å². The third-order valence-corrected chi connectivity index (χ3v) is 0.974. The van der Waals surface area contributed by atoms with Crippen molar-refractivity contribution in [1.29, 1.82) is 0 Å². The van der Waals surface area contributed by atoms with Crippen LogP contribution >= 0.6 is 0 Å². The van der Waals surface area contributed by atoms with E-state index >= 15 is 0 Å². The minimum atomic E-state index is -1.37. The molecule has 0 atom stereocenters. The summed E-state index contributed by atoms with van der Waals surface area (Å²) in [6.45, 7) is 5.34. The fourth-order valence-electron chi connectivity index (χ4n) is 0.530. The molecule has 0 aromatic heterocycles. The van der Waals surface area contributed by atoms with E-state index in [0.717, 1.165) is 6.42 Å². The Kier molecular flexibility index (Phi) is 4.10. The van der Waals surface area contributed by atoms with Gasteiger partial charge in [0.1, 0.15) is 0 Å². The van der Waals surface area contributed by atoms with E-state index in [9.17, 15) is 0 Å². The molecule has 0 aliphatic carbocycles. The smallest absolute Gasteiger partial charge is 0.423 e. The maximum absolute atomic E-state index is 8.56. The van der Waals surface area contributed by atoms with Gasteiger partial charge in [-0.3, -0.25) is 0 Å². The molecule has 9 heavy (non-hydrogen) atoms. The predicted molar refractivity (Wildman–Crippen MR) is 38.8 cm³/mol. The second kappa shape index (κ2) is 4.35. The molecule has 0 aromatic rings. The van der Waals surface area contributed by atoms with E-state index in [0.29, 0.717) is 5.47 Å². The monoisotopic (exact) mass is 126 g/mol. The zero-order valence-corrected chi connectivity index (χ0v) is 5.54. The minimum absolute atomic E-state index is 0.470. The molecule has 0 aliphatic heterocycles. The second-order valence-electron chi connectivity index (χ2n) is 1.69. The lowest BCUT2D eigenvalue weighted by Crippen LogP contribution is -2.13. The molecule has 0 rings (SSSR count). The van der Waals surface area contributed by atoms with Crippen LogP contribution in [0.4, 0.5) is 0 Å². The number of hydrogen-bond donors (Lipinski definition) is 2. The molecule has 50 valence electrons. The van der Waals surface area contributed by atoms with Crippen LogP contribution in [0, 0.1) is 0 Å². The van der Waals surface area contributed by atoms with Gasteiger partial charge in [0.05, 0.1) is 0 Å². The average Bonchev–Trinajstić information content (AvgIpc) is 1.82. The maximum atomic E-state index is 8.56. The van der Waals surface area contributed by atoms with E-state index in [1.807, 2.05) is 6.92 Å². The number of allylic oxidation sites excluding steroid dienone is 3. The highest BCUT2D eigenvalue weighted by Gasteiger charge is 2.08. The summed E-state index contributed by atoms with van der Waals surface area (Å²) in [7, 11) is -1.37. The van der Waals surface area contributed by atoms with E-state index in [-0.39, 0.29) is 0 Å². The molecule has 0 unspecified atom stereocenters. The normalized spacial score (nSPS) is 11.2. The van der Waals surface area contributed by atoms with Gasteiger partial charge in [-0.2, -0.15) is 0 Å². The SMILES string of the molecule is C=C/C(=C\CC)B(O)O. The van der Waals surface area contributed by atoms with Crippen LogP contribution in [0.1, 0.15) is 13.3 Å². The van der Waals surface area contributed by atoms with E-state index in [1.165, 1.54) is 6.08 Å². The van der Waals surface area contributed by atoms with Crippen LogP contribution in [0.25, 0.3) is 0 Å². The number of hydrogen-bond acceptors (Lipinski definition) is 2. The second-order valence-corrected chi connectivity index (χ2v) is 1.69. The molecule has 0 heterocycles. The summed E-state index contributed by atoms with van der Waals surface area (Å²) in [4.78, 5) is 0. The van der Waals surface area contributed by atoms with Crippen molar-refractivity contribution < 1.29 is 10.0 Å². The Balaban J connectivity index is 3.97. The molecule has 0 amide bonds. The third kappa shape index (κ3) is 3.11. The molecular weight excluding hydrogens is 115 g/mol. The standard InChI is InChI=1S/C6H11BO2/c1-3-5-6(4-2)7(8)9/h4-5,8-9H,2-3H2,1H3/b6-5+. The Labute approximate surface area is 55.7 Å². The first kappa shape index (κ1) is 8.46. The Bertz CT molecular complexity index is 118. The molecular formula is C6H11BO2. The first-order chi connectivity index (χ1) is 4.22. The molecule has 2 N–H and O–H groups in total. The van der Waals surface area contributed by atoms with Crippen LogP contribution in [0.15, 0.2) is 24.2 Å². The zero-order chi connectivity index (χ0) is 7.28. The van der Waals surface area contributed by atoms with Crippen molar-refractivity contribution in [2.24, 2.45) is 0 Å². The molecule has 3 heteroatoms. The van der Waals surface area contributed by atoms with Crippen molar-refractivity contribution in [1.82, 2.24) is 0 Å². The van der Waals surface area contributed by atoms with Crippen LogP contribution in [0.2, 0.25) is 0 Å². The molecule has 0 saturated heterocycles. The van der Waals surface area contributed by atoms with Crippen LogP contribution in [-0.4, -0.2) is 17.2 Å². The summed E-state index contributed by atoms with van der Waals surface area (Å²) in [5, 5.41) is 17.1. The van der Waals surface area contributed by atoms with Gasteiger partial charge < -0.3 is 10.0 Å². The average molecular weight is 126 g/mol. The highest BCUT2D eigenvalue weighted by atomic mass is 16.4. The Hall–Kier alpha value is -0.535. The summed E-state index contributed by atoms with van der Waals surface area (Å²) >= 11 is 0. The molecule has 0 fully saturated rings. The molecule has 0 spiro atoms. The van der Waals surface area contributed by atoms with Crippen molar-refractivity contribution in [2.75, 3.05) is 0 Å². The Morgan fingerprint density at radius 1 is 1.67 bits per heavy atom. The van der Waals surface area contributed by atoms with E-state index in [2.05, 4.69) is 6.58 Å². The van der Waals surface area contributed by atoms with Crippen LogP contribution < -0.4 is 0 Å². The summed E-state index contributed by atoms with van der Waals surface area (Å²) in [6.07, 6.45) is 3.95. The summed E-state index contributed by atoms with van der Waals surface area (Å²) in [5.74, 6) is 0. The lowest BCUT2D eigenvalue weighted by Gasteiger charge is -1.95. The van der Waals surface area contributed by atoms with Gasteiger partial charge in [-0.25, -0.2) is 0 Å². The lowest BCUT2D eigenvalue weighted by atomic mass is 9.79. The van der Waals surface area contributed by atoms with Gasteiger partial charge in [0.2, 0.25) is 0 Å². The molecule has 0 bridgehead atoms. The summed E-state index contributed by atoms with van der Waals surface area (Å²) in [5.41, 5.74) is 0.470. The van der Waals surface area contributed by atoms with Crippen molar-refractivity contribution in [3.63, 3.8) is 0 Å². The van der Waals surface area contributed by atoms with Crippen molar-refractivity contribution in [3.05, 3.63) is 24.2 Å². The minimum Gasteiger partial charge on any atom is -0.423 e. The third-order valence-electron chi connectivity index (χ3n) is 0.974. The number of rotatable bonds is 3. The van der Waals surface area contributed by atoms with E-state index in [4.69, 9.17) is 10.0 Å². The Morgan fingerprint density at radius 2 is 2.22 bits per heavy atom. The molecule has 0 aromatic carbocycles. The molecule has 2 nitrogen and oxygen atoms in total. The lowest BCUT2D eigenvalue weighted by molar-refractivity contribution is 0.420. The van der Waals surface area contributed by atoms with Crippen molar-refractivity contribution in [2.45, 2.75) is 13.3 Å². The first-order valence-electron chi connectivity index (χ1n) is 2.91. The Morgan fingerprint density at radius 3 is 2.33 bits per heavy atom. The summed E-state index contributed by atoms with van der Waals surface area (Å²) < 4.78 is 0. The topological polar surface area (TPSA) is 40.5 Å².